The van der Waals surface area contributed by atoms with Gasteiger partial charge < -0.3 is 20.9 Å². The number of amides is 2. The van der Waals surface area contributed by atoms with Crippen molar-refractivity contribution in [2.75, 3.05) is 13.7 Å². The van der Waals surface area contributed by atoms with E-state index in [0.29, 0.717) is 25.0 Å². The van der Waals surface area contributed by atoms with Gasteiger partial charge in [-0.15, -0.1) is 0 Å². The average Bonchev–Trinajstić information content (AvgIpc) is 3.04. The number of hydrogen-bond donors (Lipinski definition) is 3. The third-order valence-electron chi connectivity index (χ3n) is 6.77. The maximum Gasteiger partial charge on any atom is 0.251 e. The van der Waals surface area contributed by atoms with Crippen LogP contribution in [0.3, 0.4) is 0 Å². The number of hydrogen-bond acceptors (Lipinski definition) is 6. The number of methoxy groups -OCH3 is 1. The fourth-order valence-electron chi connectivity index (χ4n) is 5.13. The molecule has 1 heterocycles. The fourth-order valence-corrected chi connectivity index (χ4v) is 5.13. The highest BCUT2D eigenvalue weighted by Gasteiger charge is 2.42. The van der Waals surface area contributed by atoms with E-state index in [1.54, 1.807) is 32.2 Å². The van der Waals surface area contributed by atoms with E-state index < -0.39 is 23.2 Å². The van der Waals surface area contributed by atoms with Gasteiger partial charge in [-0.1, -0.05) is 36.4 Å². The molecule has 186 valence electrons. The molecule has 0 radical (unpaired) electrons. The first-order valence-electron chi connectivity index (χ1n) is 11.9. The molecule has 1 aliphatic heterocycles. The summed E-state index contributed by atoms with van der Waals surface area (Å²) in [6.07, 6.45) is 1.21. The van der Waals surface area contributed by atoms with Gasteiger partial charge in [-0.2, -0.15) is 0 Å². The van der Waals surface area contributed by atoms with Crippen LogP contribution in [0.4, 0.5) is 0 Å². The average molecular weight is 479 g/mol. The molecule has 8 heteroatoms. The number of nitrogens with two attached hydrogens (primary N) is 1. The Kier molecular flexibility index (Phi) is 6.71. The van der Waals surface area contributed by atoms with Gasteiger partial charge in [-0.3, -0.25) is 14.5 Å². The molecule has 4 N–H and O–H groups in total. The topological polar surface area (TPSA) is 117 Å². The summed E-state index contributed by atoms with van der Waals surface area (Å²) in [5.41, 5.74) is 7.75. The molecule has 2 amide bonds. The second-order valence-corrected chi connectivity index (χ2v) is 10.3. The molecule has 2 aliphatic rings. The molecule has 35 heavy (non-hydrogen) atoms. The van der Waals surface area contributed by atoms with Crippen LogP contribution in [0.15, 0.2) is 53.5 Å². The molecule has 1 unspecified atom stereocenters. The Hall–Kier alpha value is -3.23. The van der Waals surface area contributed by atoms with E-state index in [4.69, 9.17) is 10.5 Å². The largest absolute Gasteiger partial charge is 0.387 e. The summed E-state index contributed by atoms with van der Waals surface area (Å²) in [4.78, 5) is 32.4. The lowest BCUT2D eigenvalue weighted by Crippen LogP contribution is -2.51. The van der Waals surface area contributed by atoms with Crippen LogP contribution in [0, 0.1) is 0 Å². The van der Waals surface area contributed by atoms with Gasteiger partial charge in [0.05, 0.1) is 29.6 Å². The fraction of sp³-hybridized carbons (Fsp3) is 0.444. The second kappa shape index (κ2) is 9.43. The van der Waals surface area contributed by atoms with E-state index in [1.165, 1.54) is 4.90 Å². The lowest BCUT2D eigenvalue weighted by atomic mass is 9.94. The van der Waals surface area contributed by atoms with Crippen molar-refractivity contribution < 1.29 is 19.4 Å². The SMILES string of the molecule is COCC[C@H](c1cccc(C(=O)N[C@@H]2c3ccccc3CC2(C)O)c1)N1C(=O)CC(C)(C)N=C1N. The maximum absolute atomic E-state index is 13.3. The molecule has 0 spiro atoms. The van der Waals surface area contributed by atoms with E-state index in [1.807, 2.05) is 44.2 Å². The van der Waals surface area contributed by atoms with E-state index >= 15 is 0 Å². The predicted octanol–water partition coefficient (Wildman–Crippen LogP) is 2.87. The van der Waals surface area contributed by atoms with Crippen LogP contribution in [0.5, 0.6) is 0 Å². The van der Waals surface area contributed by atoms with E-state index in [2.05, 4.69) is 10.3 Å². The van der Waals surface area contributed by atoms with Gasteiger partial charge in [0, 0.05) is 25.7 Å². The molecule has 8 nitrogen and oxygen atoms in total. The first kappa shape index (κ1) is 24.9. The third-order valence-corrected chi connectivity index (χ3v) is 6.77. The van der Waals surface area contributed by atoms with Crippen molar-refractivity contribution in [2.45, 2.75) is 63.3 Å². The summed E-state index contributed by atoms with van der Waals surface area (Å²) < 4.78 is 5.29. The standard InChI is InChI=1S/C27H34N4O4/c1-26(2)16-22(32)31(25(28)30-26)21(12-13-35-4)17-9-7-10-18(14-17)24(33)29-23-20-11-6-5-8-19(20)15-27(23,3)34/h5-11,14,21,23,34H,12-13,15-16H2,1-4H3,(H2,28,30)(H,29,33)/t21-,23-,27?/m1/s1. The summed E-state index contributed by atoms with van der Waals surface area (Å²) in [6.45, 7) is 5.89. The number of nitrogens with zero attached hydrogens (tertiary/aromatic N) is 2. The molecule has 0 bridgehead atoms. The highest BCUT2D eigenvalue weighted by molar-refractivity contribution is 5.99. The number of carbonyl (C=O) groups is 2. The van der Waals surface area contributed by atoms with Crippen molar-refractivity contribution in [3.63, 3.8) is 0 Å². The van der Waals surface area contributed by atoms with Crippen molar-refractivity contribution in [3.8, 4) is 0 Å². The van der Waals surface area contributed by atoms with Crippen molar-refractivity contribution >= 4 is 17.8 Å². The maximum atomic E-state index is 13.3. The molecular formula is C27H34N4O4. The number of fused-ring (bicyclic) bond motifs is 1. The van der Waals surface area contributed by atoms with Gasteiger partial charge in [0.2, 0.25) is 5.91 Å². The first-order valence-corrected chi connectivity index (χ1v) is 11.9. The number of nitrogens with one attached hydrogen (secondary N) is 1. The zero-order valence-electron chi connectivity index (χ0n) is 20.7. The Morgan fingerprint density at radius 1 is 1.23 bits per heavy atom. The lowest BCUT2D eigenvalue weighted by Gasteiger charge is -2.38. The van der Waals surface area contributed by atoms with Crippen LogP contribution >= 0.6 is 0 Å². The van der Waals surface area contributed by atoms with Crippen LogP contribution in [0.1, 0.15) is 72.7 Å². The molecule has 1 aliphatic carbocycles. The Morgan fingerprint density at radius 2 is 1.97 bits per heavy atom. The normalized spacial score (nSPS) is 24.0. The van der Waals surface area contributed by atoms with E-state index in [-0.39, 0.29) is 24.2 Å². The van der Waals surface area contributed by atoms with E-state index in [9.17, 15) is 14.7 Å². The van der Waals surface area contributed by atoms with Gasteiger partial charge in [0.1, 0.15) is 0 Å². The van der Waals surface area contributed by atoms with Crippen molar-refractivity contribution in [1.82, 2.24) is 10.2 Å². The van der Waals surface area contributed by atoms with Gasteiger partial charge in [0.25, 0.3) is 5.91 Å². The molecule has 0 saturated carbocycles. The smallest absolute Gasteiger partial charge is 0.251 e. The predicted molar refractivity (Wildman–Crippen MR) is 134 cm³/mol. The Bertz CT molecular complexity index is 1160. The molecule has 0 saturated heterocycles. The van der Waals surface area contributed by atoms with Crippen LogP contribution in [0.25, 0.3) is 0 Å². The zero-order chi connectivity index (χ0) is 25.4. The van der Waals surface area contributed by atoms with Crippen molar-refractivity contribution in [3.05, 3.63) is 70.8 Å². The minimum atomic E-state index is -1.09. The summed E-state index contributed by atoms with van der Waals surface area (Å²) in [5.74, 6) is -0.245. The number of rotatable bonds is 7. The van der Waals surface area contributed by atoms with Crippen molar-refractivity contribution in [2.24, 2.45) is 10.7 Å². The Labute approximate surface area is 206 Å². The molecule has 2 aromatic carbocycles. The number of aliphatic imine (C=N–C) groups is 1. The van der Waals surface area contributed by atoms with Crippen molar-refractivity contribution in [1.29, 1.82) is 0 Å². The minimum absolute atomic E-state index is 0.114. The quantitative estimate of drug-likeness (QED) is 0.566. The summed E-state index contributed by atoms with van der Waals surface area (Å²) in [5, 5.41) is 14.0. The first-order chi connectivity index (χ1) is 16.5. The highest BCUT2D eigenvalue weighted by atomic mass is 16.5. The number of aliphatic hydroxyl groups is 1. The molecule has 3 atom stereocenters. The summed E-state index contributed by atoms with van der Waals surface area (Å²) in [6, 6.07) is 14.0. The summed E-state index contributed by atoms with van der Waals surface area (Å²) in [7, 11) is 1.60. The molecule has 2 aromatic rings. The monoisotopic (exact) mass is 478 g/mol. The third kappa shape index (κ3) is 5.09. The molecule has 4 rings (SSSR count). The Balaban J connectivity index is 1.62. The number of benzene rings is 2. The van der Waals surface area contributed by atoms with Crippen LogP contribution < -0.4 is 11.1 Å². The Morgan fingerprint density at radius 3 is 2.69 bits per heavy atom. The molecule has 0 aromatic heterocycles. The molecular weight excluding hydrogens is 444 g/mol. The van der Waals surface area contributed by atoms with Gasteiger partial charge >= 0.3 is 0 Å². The molecule has 0 fully saturated rings. The van der Waals surface area contributed by atoms with Crippen LogP contribution in [-0.4, -0.2) is 52.6 Å². The number of guanidine groups is 1. The van der Waals surface area contributed by atoms with Gasteiger partial charge in [-0.05, 0) is 56.0 Å². The van der Waals surface area contributed by atoms with Crippen LogP contribution in [0.2, 0.25) is 0 Å². The van der Waals surface area contributed by atoms with E-state index in [0.717, 1.165) is 16.7 Å². The minimum Gasteiger partial charge on any atom is -0.387 e. The summed E-state index contributed by atoms with van der Waals surface area (Å²) >= 11 is 0. The highest BCUT2D eigenvalue weighted by Crippen LogP contribution is 2.39. The zero-order valence-corrected chi connectivity index (χ0v) is 20.7. The lowest BCUT2D eigenvalue weighted by molar-refractivity contribution is -0.131. The van der Waals surface area contributed by atoms with Gasteiger partial charge in [-0.25, -0.2) is 4.99 Å². The number of ether oxygens (including phenoxy) is 1. The number of carbonyl (C=O) groups excluding carboxylic acids is 2. The van der Waals surface area contributed by atoms with Crippen LogP contribution in [-0.2, 0) is 16.0 Å². The van der Waals surface area contributed by atoms with Gasteiger partial charge in [0.15, 0.2) is 5.96 Å². The second-order valence-electron chi connectivity index (χ2n) is 10.3.